The molecule has 2 heteroatoms. The SMILES string of the molecule is CCCCCCCCC/C=C/C=C(\C)C(N)=O. The smallest absolute Gasteiger partial charge is 0.244 e. The van der Waals surface area contributed by atoms with Crippen LogP contribution in [0.3, 0.4) is 0 Å². The zero-order valence-corrected chi connectivity index (χ0v) is 11.4. The van der Waals surface area contributed by atoms with E-state index in [-0.39, 0.29) is 5.91 Å². The number of nitrogens with two attached hydrogens (primary N) is 1. The molecule has 2 nitrogen and oxygen atoms in total. The lowest BCUT2D eigenvalue weighted by molar-refractivity contribution is -0.114. The molecule has 0 aliphatic rings. The van der Waals surface area contributed by atoms with E-state index < -0.39 is 0 Å². The van der Waals surface area contributed by atoms with Crippen molar-refractivity contribution in [1.82, 2.24) is 0 Å². The van der Waals surface area contributed by atoms with Crippen molar-refractivity contribution in [1.29, 1.82) is 0 Å². The van der Waals surface area contributed by atoms with Gasteiger partial charge in [0.05, 0.1) is 0 Å². The van der Waals surface area contributed by atoms with Crippen LogP contribution < -0.4 is 5.73 Å². The minimum atomic E-state index is -0.342. The van der Waals surface area contributed by atoms with Gasteiger partial charge in [0.25, 0.3) is 0 Å². The molecule has 0 heterocycles. The van der Waals surface area contributed by atoms with E-state index in [0.29, 0.717) is 5.57 Å². The summed E-state index contributed by atoms with van der Waals surface area (Å²) in [6.07, 6.45) is 16.3. The molecule has 0 bridgehead atoms. The summed E-state index contributed by atoms with van der Waals surface area (Å²) in [5.41, 5.74) is 5.73. The summed E-state index contributed by atoms with van der Waals surface area (Å²) >= 11 is 0. The van der Waals surface area contributed by atoms with Gasteiger partial charge in [0.15, 0.2) is 0 Å². The number of unbranched alkanes of at least 4 members (excludes halogenated alkanes) is 7. The molecule has 17 heavy (non-hydrogen) atoms. The molecule has 0 aromatic carbocycles. The molecule has 0 saturated carbocycles. The fraction of sp³-hybridized carbons (Fsp3) is 0.667. The predicted octanol–water partition coefficient (Wildman–Crippen LogP) is 4.11. The Hall–Kier alpha value is -1.05. The maximum atomic E-state index is 10.7. The lowest BCUT2D eigenvalue weighted by Gasteiger charge is -1.98. The standard InChI is InChI=1S/C15H27NO/c1-3-4-5-6-7-8-9-10-11-12-13-14(2)15(16)17/h11-13H,3-10H2,1-2H3,(H2,16,17)/b12-11+,14-13+. The van der Waals surface area contributed by atoms with Gasteiger partial charge in [0.2, 0.25) is 5.91 Å². The quantitative estimate of drug-likeness (QED) is 0.347. The average Bonchev–Trinajstić information content (AvgIpc) is 2.31. The lowest BCUT2D eigenvalue weighted by Crippen LogP contribution is -2.11. The van der Waals surface area contributed by atoms with Crippen molar-refractivity contribution in [2.45, 2.75) is 65.2 Å². The van der Waals surface area contributed by atoms with Gasteiger partial charge in [-0.3, -0.25) is 4.79 Å². The van der Waals surface area contributed by atoms with Crippen LogP contribution in [0.1, 0.15) is 65.2 Å². The van der Waals surface area contributed by atoms with Crippen molar-refractivity contribution in [3.05, 3.63) is 23.8 Å². The number of carbonyl (C=O) groups is 1. The van der Waals surface area contributed by atoms with Crippen molar-refractivity contribution in [2.75, 3.05) is 0 Å². The first-order valence-electron chi connectivity index (χ1n) is 6.81. The van der Waals surface area contributed by atoms with E-state index in [1.807, 2.05) is 6.08 Å². The summed E-state index contributed by atoms with van der Waals surface area (Å²) in [5.74, 6) is -0.342. The molecule has 0 atom stereocenters. The van der Waals surface area contributed by atoms with E-state index in [1.165, 1.54) is 44.9 Å². The maximum Gasteiger partial charge on any atom is 0.244 e. The van der Waals surface area contributed by atoms with Gasteiger partial charge >= 0.3 is 0 Å². The zero-order chi connectivity index (χ0) is 12.9. The molecule has 0 radical (unpaired) electrons. The molecule has 0 aliphatic heterocycles. The summed E-state index contributed by atoms with van der Waals surface area (Å²) in [5, 5.41) is 0. The summed E-state index contributed by atoms with van der Waals surface area (Å²) in [4.78, 5) is 10.7. The van der Waals surface area contributed by atoms with E-state index in [1.54, 1.807) is 13.0 Å². The highest BCUT2D eigenvalue weighted by atomic mass is 16.1. The van der Waals surface area contributed by atoms with Gasteiger partial charge in [-0.1, -0.05) is 63.7 Å². The minimum Gasteiger partial charge on any atom is -0.366 e. The van der Waals surface area contributed by atoms with Crippen LogP contribution in [0.25, 0.3) is 0 Å². The predicted molar refractivity (Wildman–Crippen MR) is 74.7 cm³/mol. The molecule has 0 aromatic rings. The van der Waals surface area contributed by atoms with Gasteiger partial charge in [-0.2, -0.15) is 0 Å². The van der Waals surface area contributed by atoms with E-state index in [0.717, 1.165) is 6.42 Å². The van der Waals surface area contributed by atoms with Crippen LogP contribution in [0, 0.1) is 0 Å². The van der Waals surface area contributed by atoms with Crippen molar-refractivity contribution in [2.24, 2.45) is 5.73 Å². The number of hydrogen-bond donors (Lipinski definition) is 1. The number of allylic oxidation sites excluding steroid dienone is 3. The van der Waals surface area contributed by atoms with Crippen LogP contribution in [-0.4, -0.2) is 5.91 Å². The number of rotatable bonds is 10. The molecule has 0 aliphatic carbocycles. The zero-order valence-electron chi connectivity index (χ0n) is 11.4. The molecule has 0 saturated heterocycles. The summed E-state index contributed by atoms with van der Waals surface area (Å²) in [6.45, 7) is 3.98. The van der Waals surface area contributed by atoms with Gasteiger partial charge in [0.1, 0.15) is 0 Å². The van der Waals surface area contributed by atoms with Crippen LogP contribution in [0.15, 0.2) is 23.8 Å². The second-order valence-electron chi connectivity index (χ2n) is 4.55. The Bertz CT molecular complexity index is 254. The summed E-state index contributed by atoms with van der Waals surface area (Å²) in [6, 6.07) is 0. The van der Waals surface area contributed by atoms with Crippen LogP contribution in [0.5, 0.6) is 0 Å². The third-order valence-electron chi connectivity index (χ3n) is 2.85. The normalized spacial score (nSPS) is 12.2. The number of carbonyl (C=O) groups excluding carboxylic acids is 1. The van der Waals surface area contributed by atoms with Gasteiger partial charge < -0.3 is 5.73 Å². The minimum absolute atomic E-state index is 0.342. The second-order valence-corrected chi connectivity index (χ2v) is 4.55. The van der Waals surface area contributed by atoms with E-state index in [4.69, 9.17) is 5.73 Å². The van der Waals surface area contributed by atoms with Crippen LogP contribution in [0.4, 0.5) is 0 Å². The fourth-order valence-electron chi connectivity index (χ4n) is 1.61. The Morgan fingerprint density at radius 2 is 1.65 bits per heavy atom. The number of primary amides is 1. The highest BCUT2D eigenvalue weighted by Gasteiger charge is 1.92. The molecule has 0 fully saturated rings. The van der Waals surface area contributed by atoms with E-state index in [2.05, 4.69) is 13.0 Å². The molecular weight excluding hydrogens is 210 g/mol. The topological polar surface area (TPSA) is 43.1 Å². The van der Waals surface area contributed by atoms with Gasteiger partial charge in [-0.15, -0.1) is 0 Å². The molecule has 1 amide bonds. The van der Waals surface area contributed by atoms with Crippen LogP contribution >= 0.6 is 0 Å². The Balaban J connectivity index is 3.36. The Morgan fingerprint density at radius 3 is 2.24 bits per heavy atom. The first-order chi connectivity index (χ1) is 8.18. The first-order valence-corrected chi connectivity index (χ1v) is 6.81. The van der Waals surface area contributed by atoms with Gasteiger partial charge in [-0.25, -0.2) is 0 Å². The van der Waals surface area contributed by atoms with E-state index in [9.17, 15) is 4.79 Å². The highest BCUT2D eigenvalue weighted by Crippen LogP contribution is 2.08. The third-order valence-corrected chi connectivity index (χ3v) is 2.85. The van der Waals surface area contributed by atoms with Crippen molar-refractivity contribution in [3.8, 4) is 0 Å². The maximum absolute atomic E-state index is 10.7. The number of hydrogen-bond acceptors (Lipinski definition) is 1. The van der Waals surface area contributed by atoms with Gasteiger partial charge in [0, 0.05) is 5.57 Å². The molecule has 98 valence electrons. The largest absolute Gasteiger partial charge is 0.366 e. The molecule has 0 unspecified atom stereocenters. The van der Waals surface area contributed by atoms with Crippen LogP contribution in [0.2, 0.25) is 0 Å². The molecule has 0 spiro atoms. The Morgan fingerprint density at radius 1 is 1.06 bits per heavy atom. The van der Waals surface area contributed by atoms with Crippen LogP contribution in [-0.2, 0) is 4.79 Å². The number of amides is 1. The molecule has 0 rings (SSSR count). The highest BCUT2D eigenvalue weighted by molar-refractivity contribution is 5.91. The molecular formula is C15H27NO. The van der Waals surface area contributed by atoms with Crippen molar-refractivity contribution < 1.29 is 4.79 Å². The third kappa shape index (κ3) is 11.2. The monoisotopic (exact) mass is 237 g/mol. The van der Waals surface area contributed by atoms with Crippen molar-refractivity contribution >= 4 is 5.91 Å². The average molecular weight is 237 g/mol. The fourth-order valence-corrected chi connectivity index (χ4v) is 1.61. The summed E-state index contributed by atoms with van der Waals surface area (Å²) < 4.78 is 0. The molecule has 0 aromatic heterocycles. The first kappa shape index (κ1) is 16.0. The van der Waals surface area contributed by atoms with E-state index >= 15 is 0 Å². The lowest BCUT2D eigenvalue weighted by atomic mass is 10.1. The van der Waals surface area contributed by atoms with Gasteiger partial charge in [-0.05, 0) is 19.8 Å². The molecule has 2 N–H and O–H groups in total. The summed E-state index contributed by atoms with van der Waals surface area (Å²) in [7, 11) is 0. The van der Waals surface area contributed by atoms with Crippen molar-refractivity contribution in [3.63, 3.8) is 0 Å². The second kappa shape index (κ2) is 11.4. The Labute approximate surface area is 106 Å². The Kier molecular flexibility index (Phi) is 10.7.